The zero-order chi connectivity index (χ0) is 13.0. The van der Waals surface area contributed by atoms with E-state index in [0.29, 0.717) is 12.6 Å². The fourth-order valence-electron chi connectivity index (χ4n) is 2.33. The Morgan fingerprint density at radius 2 is 2.33 bits per heavy atom. The van der Waals surface area contributed by atoms with Crippen molar-refractivity contribution in [1.29, 1.82) is 0 Å². The Labute approximate surface area is 109 Å². The largest absolute Gasteiger partial charge is 0.355 e. The van der Waals surface area contributed by atoms with Crippen molar-refractivity contribution >= 4 is 5.91 Å². The van der Waals surface area contributed by atoms with Gasteiger partial charge >= 0.3 is 0 Å². The van der Waals surface area contributed by atoms with E-state index in [1.807, 2.05) is 17.8 Å². The van der Waals surface area contributed by atoms with Crippen LogP contribution in [0.1, 0.15) is 37.8 Å². The lowest BCUT2D eigenvalue weighted by molar-refractivity contribution is -0.121. The van der Waals surface area contributed by atoms with Gasteiger partial charge in [-0.1, -0.05) is 6.92 Å². The SMILES string of the molecule is CCCNC(=O)Cn1ccc(C(NC)C2CC2)c1. The Kier molecular flexibility index (Phi) is 4.42. The summed E-state index contributed by atoms with van der Waals surface area (Å²) in [5, 5.41) is 6.26. The first-order chi connectivity index (χ1) is 8.74. The second-order valence-electron chi connectivity index (χ2n) is 5.07. The number of aromatic nitrogens is 1. The minimum absolute atomic E-state index is 0.0893. The van der Waals surface area contributed by atoms with E-state index in [0.717, 1.165) is 18.9 Å². The van der Waals surface area contributed by atoms with Crippen LogP contribution in [0.5, 0.6) is 0 Å². The molecule has 1 atom stereocenters. The molecule has 100 valence electrons. The highest BCUT2D eigenvalue weighted by atomic mass is 16.1. The fraction of sp³-hybridized carbons (Fsp3) is 0.643. The summed E-state index contributed by atoms with van der Waals surface area (Å²) >= 11 is 0. The molecule has 2 rings (SSSR count). The van der Waals surface area contributed by atoms with E-state index in [2.05, 4.69) is 29.8 Å². The molecule has 1 aromatic rings. The second kappa shape index (κ2) is 6.05. The van der Waals surface area contributed by atoms with Gasteiger partial charge in [0.15, 0.2) is 0 Å². The molecule has 4 heteroatoms. The van der Waals surface area contributed by atoms with Gasteiger partial charge in [0.2, 0.25) is 5.91 Å². The predicted molar refractivity (Wildman–Crippen MR) is 72.3 cm³/mol. The van der Waals surface area contributed by atoms with E-state index in [-0.39, 0.29) is 5.91 Å². The quantitative estimate of drug-likeness (QED) is 0.772. The predicted octanol–water partition coefficient (Wildman–Crippen LogP) is 1.68. The van der Waals surface area contributed by atoms with Crippen LogP contribution in [0, 0.1) is 5.92 Å². The lowest BCUT2D eigenvalue weighted by Gasteiger charge is -2.13. The molecule has 0 radical (unpaired) electrons. The van der Waals surface area contributed by atoms with Crippen LogP contribution in [0.4, 0.5) is 0 Å². The van der Waals surface area contributed by atoms with Gasteiger partial charge < -0.3 is 15.2 Å². The molecule has 2 N–H and O–H groups in total. The van der Waals surface area contributed by atoms with Crippen LogP contribution in [0.15, 0.2) is 18.5 Å². The van der Waals surface area contributed by atoms with Crippen molar-refractivity contribution in [3.8, 4) is 0 Å². The number of nitrogens with one attached hydrogen (secondary N) is 2. The third-order valence-corrected chi connectivity index (χ3v) is 3.44. The first-order valence-corrected chi connectivity index (χ1v) is 6.84. The van der Waals surface area contributed by atoms with Gasteiger partial charge in [-0.3, -0.25) is 4.79 Å². The average Bonchev–Trinajstić information content (AvgIpc) is 3.09. The fourth-order valence-corrected chi connectivity index (χ4v) is 2.33. The molecule has 1 fully saturated rings. The standard InChI is InChI=1S/C14H23N3O/c1-3-7-16-13(18)10-17-8-6-12(9-17)14(15-2)11-4-5-11/h6,8-9,11,14-15H,3-5,7,10H2,1-2H3,(H,16,18). The van der Waals surface area contributed by atoms with Crippen molar-refractivity contribution in [1.82, 2.24) is 15.2 Å². The maximum Gasteiger partial charge on any atom is 0.239 e. The smallest absolute Gasteiger partial charge is 0.239 e. The molecule has 0 spiro atoms. The zero-order valence-corrected chi connectivity index (χ0v) is 11.3. The summed E-state index contributed by atoms with van der Waals surface area (Å²) in [5.74, 6) is 0.867. The Morgan fingerprint density at radius 1 is 1.56 bits per heavy atom. The highest BCUT2D eigenvalue weighted by Gasteiger charge is 2.31. The summed E-state index contributed by atoms with van der Waals surface area (Å²) in [6.45, 7) is 3.23. The molecule has 1 heterocycles. The maximum atomic E-state index is 11.6. The van der Waals surface area contributed by atoms with Gasteiger partial charge in [0, 0.05) is 25.0 Å². The molecule has 0 aromatic carbocycles. The Balaban J connectivity index is 1.90. The number of carbonyl (C=O) groups is 1. The molecule has 0 aliphatic heterocycles. The van der Waals surface area contributed by atoms with E-state index in [4.69, 9.17) is 0 Å². The van der Waals surface area contributed by atoms with Crippen molar-refractivity contribution in [2.24, 2.45) is 5.92 Å². The molecule has 0 bridgehead atoms. The van der Waals surface area contributed by atoms with Crippen LogP contribution >= 0.6 is 0 Å². The summed E-state index contributed by atoms with van der Waals surface area (Å²) in [6.07, 6.45) is 7.69. The van der Waals surface area contributed by atoms with E-state index >= 15 is 0 Å². The molecule has 1 amide bonds. The van der Waals surface area contributed by atoms with E-state index in [9.17, 15) is 4.79 Å². The van der Waals surface area contributed by atoms with Crippen molar-refractivity contribution in [3.05, 3.63) is 24.0 Å². The molecule has 4 nitrogen and oxygen atoms in total. The normalized spacial score (nSPS) is 16.6. The van der Waals surface area contributed by atoms with Gasteiger partial charge in [-0.05, 0) is 43.9 Å². The van der Waals surface area contributed by atoms with Gasteiger partial charge in [-0.2, -0.15) is 0 Å². The van der Waals surface area contributed by atoms with Gasteiger partial charge in [0.25, 0.3) is 0 Å². The number of amides is 1. The van der Waals surface area contributed by atoms with Crippen LogP contribution in [0.2, 0.25) is 0 Å². The highest BCUT2D eigenvalue weighted by Crippen LogP contribution is 2.40. The summed E-state index contributed by atoms with van der Waals surface area (Å²) in [6, 6.07) is 2.57. The highest BCUT2D eigenvalue weighted by molar-refractivity contribution is 5.75. The van der Waals surface area contributed by atoms with E-state index in [1.54, 1.807) is 0 Å². The van der Waals surface area contributed by atoms with Crippen molar-refractivity contribution in [2.75, 3.05) is 13.6 Å². The zero-order valence-electron chi connectivity index (χ0n) is 11.3. The van der Waals surface area contributed by atoms with Crippen LogP contribution in [-0.4, -0.2) is 24.1 Å². The lowest BCUT2D eigenvalue weighted by atomic mass is 10.1. The minimum Gasteiger partial charge on any atom is -0.355 e. The number of hydrogen-bond donors (Lipinski definition) is 2. The third-order valence-electron chi connectivity index (χ3n) is 3.44. The molecular formula is C14H23N3O. The molecule has 0 saturated heterocycles. The molecule has 1 unspecified atom stereocenters. The number of rotatable bonds is 7. The molecule has 1 aromatic heterocycles. The van der Waals surface area contributed by atoms with Crippen LogP contribution < -0.4 is 10.6 Å². The summed E-state index contributed by atoms with van der Waals surface area (Å²) in [7, 11) is 2.01. The molecular weight excluding hydrogens is 226 g/mol. The lowest BCUT2D eigenvalue weighted by Crippen LogP contribution is -2.27. The van der Waals surface area contributed by atoms with Crippen LogP contribution in [0.25, 0.3) is 0 Å². The second-order valence-corrected chi connectivity index (χ2v) is 5.07. The van der Waals surface area contributed by atoms with Crippen molar-refractivity contribution in [3.63, 3.8) is 0 Å². The summed E-state index contributed by atoms with van der Waals surface area (Å²) in [5.41, 5.74) is 1.29. The van der Waals surface area contributed by atoms with Crippen LogP contribution in [-0.2, 0) is 11.3 Å². The van der Waals surface area contributed by atoms with E-state index < -0.39 is 0 Å². The number of nitrogens with zero attached hydrogens (tertiary/aromatic N) is 1. The van der Waals surface area contributed by atoms with Gasteiger partial charge in [0.05, 0.1) is 0 Å². The maximum absolute atomic E-state index is 11.6. The first kappa shape index (κ1) is 13.1. The molecule has 1 aliphatic carbocycles. The number of hydrogen-bond acceptors (Lipinski definition) is 2. The first-order valence-electron chi connectivity index (χ1n) is 6.84. The van der Waals surface area contributed by atoms with Gasteiger partial charge in [-0.25, -0.2) is 0 Å². The molecule has 1 saturated carbocycles. The monoisotopic (exact) mass is 249 g/mol. The van der Waals surface area contributed by atoms with Crippen molar-refractivity contribution in [2.45, 2.75) is 38.8 Å². The Hall–Kier alpha value is -1.29. The van der Waals surface area contributed by atoms with Gasteiger partial charge in [-0.15, -0.1) is 0 Å². The van der Waals surface area contributed by atoms with Gasteiger partial charge in [0.1, 0.15) is 6.54 Å². The summed E-state index contributed by atoms with van der Waals surface area (Å²) < 4.78 is 1.97. The van der Waals surface area contributed by atoms with Crippen LogP contribution in [0.3, 0.4) is 0 Å². The van der Waals surface area contributed by atoms with Crippen molar-refractivity contribution < 1.29 is 4.79 Å². The minimum atomic E-state index is 0.0893. The van der Waals surface area contributed by atoms with E-state index in [1.165, 1.54) is 18.4 Å². The summed E-state index contributed by atoms with van der Waals surface area (Å²) in [4.78, 5) is 11.6. The topological polar surface area (TPSA) is 46.1 Å². The Bertz CT molecular complexity index is 395. The molecule has 18 heavy (non-hydrogen) atoms. The molecule has 1 aliphatic rings. The average molecular weight is 249 g/mol. The third kappa shape index (κ3) is 3.35. The number of carbonyl (C=O) groups excluding carboxylic acids is 1. The Morgan fingerprint density at radius 3 is 2.94 bits per heavy atom.